The van der Waals surface area contributed by atoms with E-state index in [2.05, 4.69) is 15.0 Å². The first-order valence-electron chi connectivity index (χ1n) is 9.65. The molecule has 0 aromatic carbocycles. The van der Waals surface area contributed by atoms with E-state index >= 15 is 0 Å². The fourth-order valence-corrected chi connectivity index (χ4v) is 3.11. The molecule has 2 aromatic heterocycles. The summed E-state index contributed by atoms with van der Waals surface area (Å²) in [5, 5.41) is 2.73. The highest BCUT2D eigenvalue weighted by atomic mass is 16.6. The number of fused-ring (bicyclic) bond motifs is 1. The van der Waals surface area contributed by atoms with E-state index in [1.54, 1.807) is 11.8 Å². The Balaban J connectivity index is 1.68. The van der Waals surface area contributed by atoms with Gasteiger partial charge >= 0.3 is 12.1 Å². The maximum Gasteiger partial charge on any atom is 0.410 e. The molecule has 1 fully saturated rings. The first-order valence-corrected chi connectivity index (χ1v) is 9.65. The lowest BCUT2D eigenvalue weighted by Crippen LogP contribution is -2.49. The zero-order chi connectivity index (χ0) is 21.2. The summed E-state index contributed by atoms with van der Waals surface area (Å²) in [5.74, 6) is -0.527. The van der Waals surface area contributed by atoms with Crippen LogP contribution in [0.25, 0.3) is 5.65 Å². The minimum absolute atomic E-state index is 0.223. The van der Waals surface area contributed by atoms with Crippen LogP contribution in [-0.4, -0.2) is 74.8 Å². The molecule has 0 atom stereocenters. The predicted molar refractivity (Wildman–Crippen MR) is 105 cm³/mol. The van der Waals surface area contributed by atoms with Crippen molar-refractivity contribution in [1.82, 2.24) is 24.4 Å². The summed E-state index contributed by atoms with van der Waals surface area (Å²) in [7, 11) is 0. The minimum Gasteiger partial charge on any atom is -0.462 e. The van der Waals surface area contributed by atoms with E-state index in [1.165, 1.54) is 16.8 Å². The van der Waals surface area contributed by atoms with Crippen LogP contribution in [0.5, 0.6) is 0 Å². The van der Waals surface area contributed by atoms with Crippen molar-refractivity contribution in [1.29, 1.82) is 0 Å². The van der Waals surface area contributed by atoms with Gasteiger partial charge in [0.25, 0.3) is 5.56 Å². The number of ether oxygens (including phenoxy) is 2. The Morgan fingerprint density at radius 1 is 1.21 bits per heavy atom. The third-order valence-corrected chi connectivity index (χ3v) is 4.46. The Kier molecular flexibility index (Phi) is 5.92. The lowest BCUT2D eigenvalue weighted by atomic mass is 10.2. The molecule has 1 aliphatic rings. The summed E-state index contributed by atoms with van der Waals surface area (Å²) in [4.78, 5) is 44.9. The number of carbonyl (C=O) groups excluding carboxylic acids is 2. The fourth-order valence-electron chi connectivity index (χ4n) is 3.11. The Morgan fingerprint density at radius 2 is 1.90 bits per heavy atom. The zero-order valence-electron chi connectivity index (χ0n) is 17.2. The molecule has 29 heavy (non-hydrogen) atoms. The first kappa shape index (κ1) is 20.8. The van der Waals surface area contributed by atoms with Crippen molar-refractivity contribution in [3.8, 4) is 0 Å². The van der Waals surface area contributed by atoms with Crippen LogP contribution >= 0.6 is 0 Å². The number of amides is 1. The number of aromatic nitrogens is 3. The maximum atomic E-state index is 12.4. The van der Waals surface area contributed by atoms with E-state index in [1.807, 2.05) is 20.8 Å². The van der Waals surface area contributed by atoms with Crippen LogP contribution in [0.4, 0.5) is 4.79 Å². The number of rotatable bonds is 4. The van der Waals surface area contributed by atoms with Gasteiger partial charge in [0.05, 0.1) is 12.3 Å². The number of nitrogens with zero attached hydrogens (tertiary/aromatic N) is 4. The van der Waals surface area contributed by atoms with E-state index in [0.29, 0.717) is 38.4 Å². The second-order valence-corrected chi connectivity index (χ2v) is 7.90. The van der Waals surface area contributed by atoms with Crippen molar-refractivity contribution in [3.05, 3.63) is 33.9 Å². The summed E-state index contributed by atoms with van der Waals surface area (Å²) in [6, 6.07) is 1.44. The van der Waals surface area contributed by atoms with Gasteiger partial charge in [0.1, 0.15) is 11.2 Å². The quantitative estimate of drug-likeness (QED) is 0.763. The predicted octanol–water partition coefficient (Wildman–Crippen LogP) is 1.25. The second kappa shape index (κ2) is 8.24. The normalized spacial score (nSPS) is 15.5. The molecule has 10 heteroatoms. The summed E-state index contributed by atoms with van der Waals surface area (Å²) < 4.78 is 11.6. The van der Waals surface area contributed by atoms with Gasteiger partial charge in [-0.3, -0.25) is 14.8 Å². The molecule has 3 heterocycles. The molecule has 1 aliphatic heterocycles. The molecule has 3 rings (SSSR count). The molecule has 0 unspecified atom stereocenters. The average Bonchev–Trinajstić information content (AvgIpc) is 3.05. The van der Waals surface area contributed by atoms with Gasteiger partial charge in [-0.05, 0) is 27.7 Å². The van der Waals surface area contributed by atoms with Crippen LogP contribution in [0, 0.1) is 0 Å². The van der Waals surface area contributed by atoms with Crippen LogP contribution < -0.4 is 5.56 Å². The number of H-pyrrole nitrogens is 1. The van der Waals surface area contributed by atoms with Gasteiger partial charge in [-0.25, -0.2) is 19.1 Å². The SMILES string of the molecule is CCOC(=O)c1c[nH]n2c(=O)cc(CN3CCN(C(=O)OC(C)(C)C)CC3)nc12. The fraction of sp³-hybridized carbons (Fsp3) is 0.579. The molecule has 0 spiro atoms. The molecule has 1 saturated heterocycles. The van der Waals surface area contributed by atoms with Crippen molar-refractivity contribution in [2.75, 3.05) is 32.8 Å². The van der Waals surface area contributed by atoms with Crippen molar-refractivity contribution >= 4 is 17.7 Å². The Bertz CT molecular complexity index is 950. The van der Waals surface area contributed by atoms with E-state index < -0.39 is 11.6 Å². The largest absolute Gasteiger partial charge is 0.462 e. The number of hydrogen-bond acceptors (Lipinski definition) is 7. The summed E-state index contributed by atoms with van der Waals surface area (Å²) >= 11 is 0. The number of nitrogens with one attached hydrogen (secondary N) is 1. The smallest absolute Gasteiger partial charge is 0.410 e. The number of carbonyl (C=O) groups is 2. The molecule has 2 aromatic rings. The Hall–Kier alpha value is -2.88. The van der Waals surface area contributed by atoms with Gasteiger partial charge in [-0.15, -0.1) is 0 Å². The Labute approximate surface area is 168 Å². The summed E-state index contributed by atoms with van der Waals surface area (Å²) in [5.41, 5.74) is 0.209. The van der Waals surface area contributed by atoms with Crippen LogP contribution in [0.1, 0.15) is 43.7 Å². The van der Waals surface area contributed by atoms with Crippen molar-refractivity contribution < 1.29 is 19.1 Å². The third-order valence-electron chi connectivity index (χ3n) is 4.46. The van der Waals surface area contributed by atoms with Gasteiger partial charge in [-0.2, -0.15) is 0 Å². The lowest BCUT2D eigenvalue weighted by molar-refractivity contribution is 0.0138. The van der Waals surface area contributed by atoms with Crippen LogP contribution in [0.2, 0.25) is 0 Å². The minimum atomic E-state index is -0.527. The average molecular weight is 405 g/mol. The van der Waals surface area contributed by atoms with Gasteiger partial charge in [-0.1, -0.05) is 0 Å². The third kappa shape index (κ3) is 4.94. The number of esters is 1. The highest BCUT2D eigenvalue weighted by molar-refractivity contribution is 5.95. The standard InChI is InChI=1S/C19H27N5O5/c1-5-28-17(26)14-11-20-24-15(25)10-13(21-16(14)24)12-22-6-8-23(9-7-22)18(27)29-19(2,3)4/h10-11,20H,5-9,12H2,1-4H3. The van der Waals surface area contributed by atoms with E-state index in [-0.39, 0.29) is 29.5 Å². The molecule has 1 amide bonds. The molecule has 0 saturated carbocycles. The second-order valence-electron chi connectivity index (χ2n) is 7.90. The van der Waals surface area contributed by atoms with E-state index in [0.717, 1.165) is 0 Å². The van der Waals surface area contributed by atoms with Gasteiger partial charge < -0.3 is 14.4 Å². The summed E-state index contributed by atoms with van der Waals surface area (Å²) in [6.45, 7) is 10.3. The molecule has 10 nitrogen and oxygen atoms in total. The molecular formula is C19H27N5O5. The van der Waals surface area contributed by atoms with Crippen molar-refractivity contribution in [3.63, 3.8) is 0 Å². The molecule has 0 bridgehead atoms. The van der Waals surface area contributed by atoms with Crippen LogP contribution in [-0.2, 0) is 16.0 Å². The Morgan fingerprint density at radius 3 is 2.52 bits per heavy atom. The number of piperazine rings is 1. The van der Waals surface area contributed by atoms with Gasteiger partial charge in [0.15, 0.2) is 5.65 Å². The number of aromatic amines is 1. The van der Waals surface area contributed by atoms with Gasteiger partial charge in [0, 0.05) is 45.0 Å². The maximum absolute atomic E-state index is 12.4. The molecule has 0 radical (unpaired) electrons. The van der Waals surface area contributed by atoms with Gasteiger partial charge in [0.2, 0.25) is 0 Å². The molecule has 0 aliphatic carbocycles. The van der Waals surface area contributed by atoms with Crippen molar-refractivity contribution in [2.45, 2.75) is 39.8 Å². The molecular weight excluding hydrogens is 378 g/mol. The topological polar surface area (TPSA) is 109 Å². The van der Waals surface area contributed by atoms with E-state index in [4.69, 9.17) is 9.47 Å². The highest BCUT2D eigenvalue weighted by Crippen LogP contribution is 2.14. The first-order chi connectivity index (χ1) is 13.7. The lowest BCUT2D eigenvalue weighted by Gasteiger charge is -2.35. The van der Waals surface area contributed by atoms with Crippen molar-refractivity contribution in [2.24, 2.45) is 0 Å². The van der Waals surface area contributed by atoms with Crippen LogP contribution in [0.15, 0.2) is 17.1 Å². The molecule has 158 valence electrons. The summed E-state index contributed by atoms with van der Waals surface area (Å²) in [6.07, 6.45) is 1.10. The van der Waals surface area contributed by atoms with E-state index in [9.17, 15) is 14.4 Å². The van der Waals surface area contributed by atoms with Crippen LogP contribution in [0.3, 0.4) is 0 Å². The molecule has 1 N–H and O–H groups in total. The number of hydrogen-bond donors (Lipinski definition) is 1. The zero-order valence-corrected chi connectivity index (χ0v) is 17.2. The monoisotopic (exact) mass is 405 g/mol. The highest BCUT2D eigenvalue weighted by Gasteiger charge is 2.26.